The van der Waals surface area contributed by atoms with E-state index >= 15 is 0 Å². The average molecular weight is 437 g/mol. The molecule has 5 nitrogen and oxygen atoms in total. The molecule has 0 bridgehead atoms. The molecule has 0 saturated carbocycles. The molecule has 0 radical (unpaired) electrons. The van der Waals surface area contributed by atoms with Crippen LogP contribution < -0.4 is 0 Å². The van der Waals surface area contributed by atoms with Gasteiger partial charge in [-0.15, -0.1) is 5.10 Å². The number of aliphatic hydroxyl groups is 1. The molecule has 170 valence electrons. The molecule has 32 heavy (non-hydrogen) atoms. The second-order valence-electron chi connectivity index (χ2n) is 8.94. The van der Waals surface area contributed by atoms with Crippen molar-refractivity contribution in [2.75, 3.05) is 13.1 Å². The zero-order valence-electron chi connectivity index (χ0n) is 19.0. The minimum absolute atomic E-state index is 0.158. The van der Waals surface area contributed by atoms with E-state index in [9.17, 15) is 9.50 Å². The van der Waals surface area contributed by atoms with Crippen LogP contribution in [-0.4, -0.2) is 44.2 Å². The SMILES string of the molecule is CCCCCCN1C[C@@H](O)[C@H](n2cc(-c3ccc(F)cc3)nn2)C[C@@H]1c1ccc(C)cc1. The number of aryl methyl sites for hydroxylation is 1. The number of halogens is 1. The fraction of sp³-hybridized carbons (Fsp3) is 0.462. The fourth-order valence-electron chi connectivity index (χ4n) is 4.62. The van der Waals surface area contributed by atoms with Crippen LogP contribution in [0.1, 0.15) is 62.2 Å². The molecule has 3 atom stereocenters. The predicted molar refractivity (Wildman–Crippen MR) is 125 cm³/mol. The summed E-state index contributed by atoms with van der Waals surface area (Å²) in [5.41, 5.74) is 4.03. The van der Waals surface area contributed by atoms with Crippen LogP contribution in [0.5, 0.6) is 0 Å². The van der Waals surface area contributed by atoms with Gasteiger partial charge in [0.1, 0.15) is 11.5 Å². The Hall–Kier alpha value is -2.57. The lowest BCUT2D eigenvalue weighted by molar-refractivity contribution is -0.0102. The van der Waals surface area contributed by atoms with Gasteiger partial charge in [-0.1, -0.05) is 61.2 Å². The normalized spacial score (nSPS) is 21.7. The van der Waals surface area contributed by atoms with E-state index in [1.165, 1.54) is 42.5 Å². The molecular weight excluding hydrogens is 403 g/mol. The van der Waals surface area contributed by atoms with Crippen molar-refractivity contribution in [1.29, 1.82) is 0 Å². The van der Waals surface area contributed by atoms with Gasteiger partial charge in [-0.25, -0.2) is 9.07 Å². The first-order chi connectivity index (χ1) is 15.5. The van der Waals surface area contributed by atoms with E-state index < -0.39 is 6.10 Å². The van der Waals surface area contributed by atoms with Crippen molar-refractivity contribution >= 4 is 0 Å². The minimum Gasteiger partial charge on any atom is -0.390 e. The Bertz CT molecular complexity index is 986. The number of nitrogens with zero attached hydrogens (tertiary/aromatic N) is 4. The third-order valence-electron chi connectivity index (χ3n) is 6.52. The van der Waals surface area contributed by atoms with E-state index in [1.54, 1.807) is 16.8 Å². The van der Waals surface area contributed by atoms with Crippen molar-refractivity contribution < 1.29 is 9.50 Å². The molecular formula is C26H33FN4O. The molecule has 1 aromatic heterocycles. The molecule has 1 N–H and O–H groups in total. The first-order valence-corrected chi connectivity index (χ1v) is 11.7. The summed E-state index contributed by atoms with van der Waals surface area (Å²) in [6, 6.07) is 15.1. The molecule has 3 aromatic rings. The molecule has 1 aliphatic rings. The number of aromatic nitrogens is 3. The molecule has 0 amide bonds. The molecule has 1 aliphatic heterocycles. The zero-order chi connectivity index (χ0) is 22.5. The zero-order valence-corrected chi connectivity index (χ0v) is 19.0. The number of unbranched alkanes of at least 4 members (excludes halogenated alkanes) is 3. The predicted octanol–water partition coefficient (Wildman–Crippen LogP) is 5.32. The highest BCUT2D eigenvalue weighted by atomic mass is 19.1. The Balaban J connectivity index is 1.55. The summed E-state index contributed by atoms with van der Waals surface area (Å²) in [6.07, 6.45) is 6.94. The van der Waals surface area contributed by atoms with Crippen LogP contribution in [0.3, 0.4) is 0 Å². The Morgan fingerprint density at radius 2 is 1.78 bits per heavy atom. The number of β-amino-alcohol motifs (C(OH)–C–C–N with tert-alkyl or cyclic N) is 1. The van der Waals surface area contributed by atoms with Gasteiger partial charge in [-0.2, -0.15) is 0 Å². The Kier molecular flexibility index (Phi) is 7.33. The summed E-state index contributed by atoms with van der Waals surface area (Å²) in [5.74, 6) is -0.274. The second kappa shape index (κ2) is 10.4. The molecule has 2 aromatic carbocycles. The quantitative estimate of drug-likeness (QED) is 0.486. The van der Waals surface area contributed by atoms with Crippen molar-refractivity contribution in [1.82, 2.24) is 19.9 Å². The van der Waals surface area contributed by atoms with Gasteiger partial charge in [0.05, 0.1) is 18.3 Å². The number of hydrogen-bond acceptors (Lipinski definition) is 4. The van der Waals surface area contributed by atoms with Crippen LogP contribution in [0.4, 0.5) is 4.39 Å². The van der Waals surface area contributed by atoms with Gasteiger partial charge in [0, 0.05) is 18.2 Å². The maximum absolute atomic E-state index is 13.3. The number of aliphatic hydroxyl groups excluding tert-OH is 1. The second-order valence-corrected chi connectivity index (χ2v) is 8.94. The maximum Gasteiger partial charge on any atom is 0.123 e. The summed E-state index contributed by atoms with van der Waals surface area (Å²) in [7, 11) is 0. The van der Waals surface area contributed by atoms with Crippen molar-refractivity contribution in [3.63, 3.8) is 0 Å². The lowest BCUT2D eigenvalue weighted by Crippen LogP contribution is -2.46. The average Bonchev–Trinajstić information content (AvgIpc) is 3.28. The molecule has 0 aliphatic carbocycles. The van der Waals surface area contributed by atoms with Gasteiger partial charge in [-0.3, -0.25) is 4.90 Å². The van der Waals surface area contributed by atoms with E-state index in [4.69, 9.17) is 0 Å². The standard InChI is InChI=1S/C26H33FN4O/c1-3-4-5-6-15-30-18-26(32)25(16-24(30)21-9-7-19(2)8-10-21)31-17-23(28-29-31)20-11-13-22(27)14-12-20/h7-14,17,24-26,32H,3-6,15-16,18H2,1-2H3/t24-,25-,26-/m1/s1. The Morgan fingerprint density at radius 3 is 2.50 bits per heavy atom. The van der Waals surface area contributed by atoms with Crippen molar-refractivity contribution in [3.05, 3.63) is 71.7 Å². The van der Waals surface area contributed by atoms with Gasteiger partial charge in [0.2, 0.25) is 0 Å². The van der Waals surface area contributed by atoms with Gasteiger partial charge in [0.15, 0.2) is 0 Å². The van der Waals surface area contributed by atoms with E-state index in [2.05, 4.69) is 53.3 Å². The number of likely N-dealkylation sites (tertiary alicyclic amines) is 1. The van der Waals surface area contributed by atoms with Crippen molar-refractivity contribution in [3.8, 4) is 11.3 Å². The lowest BCUT2D eigenvalue weighted by atomic mass is 9.89. The van der Waals surface area contributed by atoms with Gasteiger partial charge in [0.25, 0.3) is 0 Å². The number of rotatable bonds is 8. The summed E-state index contributed by atoms with van der Waals surface area (Å²) in [6.45, 7) is 5.93. The molecule has 1 saturated heterocycles. The summed E-state index contributed by atoms with van der Waals surface area (Å²) in [5, 5.41) is 19.7. The van der Waals surface area contributed by atoms with Crippen LogP contribution in [0.25, 0.3) is 11.3 Å². The fourth-order valence-corrected chi connectivity index (χ4v) is 4.62. The highest BCUT2D eigenvalue weighted by molar-refractivity contribution is 5.57. The summed E-state index contributed by atoms with van der Waals surface area (Å²) < 4.78 is 15.1. The highest BCUT2D eigenvalue weighted by Gasteiger charge is 2.36. The van der Waals surface area contributed by atoms with E-state index in [1.807, 2.05) is 6.20 Å². The molecule has 4 rings (SSSR count). The first-order valence-electron chi connectivity index (χ1n) is 11.7. The molecule has 1 fully saturated rings. The number of piperidine rings is 1. The molecule has 0 spiro atoms. The maximum atomic E-state index is 13.3. The van der Waals surface area contributed by atoms with E-state index in [0.29, 0.717) is 12.2 Å². The van der Waals surface area contributed by atoms with Crippen LogP contribution in [0.15, 0.2) is 54.7 Å². The van der Waals surface area contributed by atoms with Crippen LogP contribution in [0, 0.1) is 12.7 Å². The van der Waals surface area contributed by atoms with E-state index in [-0.39, 0.29) is 17.9 Å². The molecule has 6 heteroatoms. The Morgan fingerprint density at radius 1 is 1.03 bits per heavy atom. The Labute approximate surface area is 189 Å². The summed E-state index contributed by atoms with van der Waals surface area (Å²) >= 11 is 0. The first kappa shape index (κ1) is 22.6. The van der Waals surface area contributed by atoms with Crippen LogP contribution in [-0.2, 0) is 0 Å². The summed E-state index contributed by atoms with van der Waals surface area (Å²) in [4.78, 5) is 2.43. The molecule has 0 unspecified atom stereocenters. The van der Waals surface area contributed by atoms with Crippen molar-refractivity contribution in [2.45, 2.75) is 64.1 Å². The largest absolute Gasteiger partial charge is 0.390 e. The smallest absolute Gasteiger partial charge is 0.123 e. The number of hydrogen-bond donors (Lipinski definition) is 1. The lowest BCUT2D eigenvalue weighted by Gasteiger charge is -2.42. The monoisotopic (exact) mass is 436 g/mol. The molecule has 2 heterocycles. The van der Waals surface area contributed by atoms with Crippen LogP contribution >= 0.6 is 0 Å². The number of benzene rings is 2. The van der Waals surface area contributed by atoms with Gasteiger partial charge >= 0.3 is 0 Å². The van der Waals surface area contributed by atoms with Gasteiger partial charge in [-0.05, 0) is 56.1 Å². The third kappa shape index (κ3) is 5.25. The van der Waals surface area contributed by atoms with Crippen molar-refractivity contribution in [2.24, 2.45) is 0 Å². The highest BCUT2D eigenvalue weighted by Crippen LogP contribution is 2.37. The van der Waals surface area contributed by atoms with E-state index in [0.717, 1.165) is 24.9 Å². The third-order valence-corrected chi connectivity index (χ3v) is 6.52. The van der Waals surface area contributed by atoms with Gasteiger partial charge < -0.3 is 5.11 Å². The minimum atomic E-state index is -0.523. The van der Waals surface area contributed by atoms with Crippen LogP contribution in [0.2, 0.25) is 0 Å². The topological polar surface area (TPSA) is 54.2 Å².